The highest BCUT2D eigenvalue weighted by atomic mass is 32.1. The summed E-state index contributed by atoms with van der Waals surface area (Å²) in [6.07, 6.45) is 2.30. The van der Waals surface area contributed by atoms with E-state index in [0.29, 0.717) is 35.6 Å². The van der Waals surface area contributed by atoms with Crippen molar-refractivity contribution in [3.63, 3.8) is 0 Å². The van der Waals surface area contributed by atoms with E-state index in [4.69, 9.17) is 9.47 Å². The normalized spacial score (nSPS) is 12.1. The number of aromatic nitrogens is 1. The van der Waals surface area contributed by atoms with E-state index in [9.17, 15) is 14.4 Å². The fraction of sp³-hybridized carbons (Fsp3) is 0.250. The largest absolute Gasteiger partial charge is 0.493 e. The van der Waals surface area contributed by atoms with Crippen LogP contribution < -0.4 is 10.1 Å². The lowest BCUT2D eigenvalue weighted by Gasteiger charge is -2.15. The molecule has 1 amide bonds. The number of nitrogens with one attached hydrogen (secondary N) is 1. The average molecular weight is 451 g/mol. The third-order valence-electron chi connectivity index (χ3n) is 5.23. The van der Waals surface area contributed by atoms with E-state index < -0.39 is 5.97 Å². The van der Waals surface area contributed by atoms with E-state index in [2.05, 4.69) is 16.4 Å². The van der Waals surface area contributed by atoms with Crippen LogP contribution in [-0.4, -0.2) is 43.4 Å². The van der Waals surface area contributed by atoms with E-state index in [1.54, 1.807) is 29.5 Å². The lowest BCUT2D eigenvalue weighted by Crippen LogP contribution is -2.25. The number of carbonyl (C=O) groups is 3. The van der Waals surface area contributed by atoms with Crippen LogP contribution in [0.4, 0.5) is 0 Å². The van der Waals surface area contributed by atoms with E-state index in [-0.39, 0.29) is 17.3 Å². The Morgan fingerprint density at radius 2 is 2.06 bits per heavy atom. The number of thiophene rings is 1. The second-order valence-corrected chi connectivity index (χ2v) is 8.18. The van der Waals surface area contributed by atoms with Gasteiger partial charge >= 0.3 is 5.97 Å². The fourth-order valence-electron chi connectivity index (χ4n) is 3.65. The molecule has 1 aromatic carbocycles. The summed E-state index contributed by atoms with van der Waals surface area (Å²) in [5, 5.41) is 4.76. The standard InChI is InChI=1S/C24H22N2O5S/c1-3-8-25-23(28)19-5-4-16(21(26-19)24(29)30-2)17-12-20-18(11-15(17)13-27)22-14(6-9-31-20)7-10-32-22/h4-5,7,10-13H,3,6,8-9H2,1-2H3,(H,25,28). The van der Waals surface area contributed by atoms with Crippen LogP contribution in [0.5, 0.6) is 5.75 Å². The lowest BCUT2D eigenvalue weighted by atomic mass is 9.94. The predicted molar refractivity (Wildman–Crippen MR) is 122 cm³/mol. The second-order valence-electron chi connectivity index (χ2n) is 7.27. The highest BCUT2D eigenvalue weighted by Crippen LogP contribution is 2.42. The number of pyridine rings is 1. The number of benzene rings is 1. The van der Waals surface area contributed by atoms with Crippen LogP contribution in [0.15, 0.2) is 35.7 Å². The zero-order valence-corrected chi connectivity index (χ0v) is 18.6. The van der Waals surface area contributed by atoms with Crippen molar-refractivity contribution in [1.29, 1.82) is 0 Å². The van der Waals surface area contributed by atoms with Crippen LogP contribution in [0.25, 0.3) is 21.6 Å². The van der Waals surface area contributed by atoms with Crippen molar-refractivity contribution in [1.82, 2.24) is 10.3 Å². The van der Waals surface area contributed by atoms with Crippen molar-refractivity contribution in [2.45, 2.75) is 19.8 Å². The summed E-state index contributed by atoms with van der Waals surface area (Å²) in [4.78, 5) is 42.3. The molecule has 0 saturated heterocycles. The molecule has 1 aliphatic heterocycles. The van der Waals surface area contributed by atoms with Gasteiger partial charge in [0, 0.05) is 34.5 Å². The van der Waals surface area contributed by atoms with Gasteiger partial charge in [-0.15, -0.1) is 11.3 Å². The number of rotatable bonds is 6. The van der Waals surface area contributed by atoms with Crippen molar-refractivity contribution in [2.75, 3.05) is 20.3 Å². The molecule has 2 aromatic heterocycles. The van der Waals surface area contributed by atoms with Gasteiger partial charge in [-0.05, 0) is 53.3 Å². The third-order valence-corrected chi connectivity index (χ3v) is 6.22. The quantitative estimate of drug-likeness (QED) is 0.448. The van der Waals surface area contributed by atoms with Crippen LogP contribution in [0.2, 0.25) is 0 Å². The van der Waals surface area contributed by atoms with E-state index >= 15 is 0 Å². The molecule has 0 aliphatic carbocycles. The Balaban J connectivity index is 1.86. The average Bonchev–Trinajstić information content (AvgIpc) is 3.22. The number of methoxy groups -OCH3 is 1. The molecule has 32 heavy (non-hydrogen) atoms. The number of hydrogen-bond donors (Lipinski definition) is 1. The van der Waals surface area contributed by atoms with Crippen LogP contribution >= 0.6 is 11.3 Å². The third kappa shape index (κ3) is 4.01. The molecule has 1 aliphatic rings. The Labute approximate surface area is 189 Å². The van der Waals surface area contributed by atoms with Gasteiger partial charge in [-0.3, -0.25) is 9.59 Å². The molecular weight excluding hydrogens is 428 g/mol. The molecule has 0 fully saturated rings. The summed E-state index contributed by atoms with van der Waals surface area (Å²) < 4.78 is 10.9. The number of ether oxygens (including phenoxy) is 2. The minimum absolute atomic E-state index is 0.0369. The molecular formula is C24H22N2O5S. The van der Waals surface area contributed by atoms with Crippen LogP contribution in [0.3, 0.4) is 0 Å². The molecule has 0 radical (unpaired) electrons. The molecule has 3 heterocycles. The molecule has 0 saturated carbocycles. The van der Waals surface area contributed by atoms with Crippen LogP contribution in [0.1, 0.15) is 50.2 Å². The van der Waals surface area contributed by atoms with Gasteiger partial charge in [0.15, 0.2) is 12.0 Å². The van der Waals surface area contributed by atoms with Gasteiger partial charge in [0.1, 0.15) is 11.4 Å². The van der Waals surface area contributed by atoms with Crippen LogP contribution in [0, 0.1) is 0 Å². The van der Waals surface area contributed by atoms with Crippen LogP contribution in [-0.2, 0) is 11.2 Å². The van der Waals surface area contributed by atoms with E-state index in [0.717, 1.165) is 29.6 Å². The maximum atomic E-state index is 12.5. The molecule has 4 rings (SSSR count). The summed E-state index contributed by atoms with van der Waals surface area (Å²) in [5.41, 5.74) is 3.37. The first-order valence-corrected chi connectivity index (χ1v) is 11.2. The zero-order valence-electron chi connectivity index (χ0n) is 17.8. The first-order chi connectivity index (χ1) is 15.6. The summed E-state index contributed by atoms with van der Waals surface area (Å²) in [6, 6.07) is 8.75. The van der Waals surface area contributed by atoms with Gasteiger partial charge in [0.05, 0.1) is 13.7 Å². The molecule has 0 bridgehead atoms. The van der Waals surface area contributed by atoms with E-state index in [1.165, 1.54) is 18.7 Å². The van der Waals surface area contributed by atoms with Crippen molar-refractivity contribution >= 4 is 29.5 Å². The highest BCUT2D eigenvalue weighted by molar-refractivity contribution is 7.13. The molecule has 8 heteroatoms. The van der Waals surface area contributed by atoms with E-state index in [1.807, 2.05) is 12.3 Å². The van der Waals surface area contributed by atoms with Crippen molar-refractivity contribution in [2.24, 2.45) is 0 Å². The van der Waals surface area contributed by atoms with Crippen molar-refractivity contribution in [3.8, 4) is 27.3 Å². The Kier molecular flexibility index (Phi) is 6.32. The van der Waals surface area contributed by atoms with Gasteiger partial charge in [0.25, 0.3) is 5.91 Å². The molecule has 1 N–H and O–H groups in total. The van der Waals surface area contributed by atoms with Crippen molar-refractivity contribution < 1.29 is 23.9 Å². The Morgan fingerprint density at radius 1 is 1.22 bits per heavy atom. The number of aldehydes is 1. The van der Waals surface area contributed by atoms with Gasteiger partial charge in [-0.2, -0.15) is 0 Å². The first kappa shape index (κ1) is 21.7. The molecule has 0 spiro atoms. The highest BCUT2D eigenvalue weighted by Gasteiger charge is 2.24. The Bertz CT molecular complexity index is 1200. The molecule has 7 nitrogen and oxygen atoms in total. The minimum atomic E-state index is -0.696. The number of fused-ring (bicyclic) bond motifs is 3. The minimum Gasteiger partial charge on any atom is -0.493 e. The smallest absolute Gasteiger partial charge is 0.357 e. The summed E-state index contributed by atoms with van der Waals surface area (Å²) in [6.45, 7) is 2.95. The predicted octanol–water partition coefficient (Wildman–Crippen LogP) is 4.15. The number of amides is 1. The monoisotopic (exact) mass is 450 g/mol. The molecule has 0 unspecified atom stereocenters. The number of esters is 1. The topological polar surface area (TPSA) is 94.6 Å². The van der Waals surface area contributed by atoms with Gasteiger partial charge < -0.3 is 14.8 Å². The number of hydrogen-bond acceptors (Lipinski definition) is 7. The zero-order chi connectivity index (χ0) is 22.7. The fourth-order valence-corrected chi connectivity index (χ4v) is 4.62. The lowest BCUT2D eigenvalue weighted by molar-refractivity contribution is 0.0594. The Hall–Kier alpha value is -3.52. The maximum absolute atomic E-state index is 12.5. The summed E-state index contributed by atoms with van der Waals surface area (Å²) >= 11 is 1.60. The van der Waals surface area contributed by atoms with Gasteiger partial charge in [0.2, 0.25) is 0 Å². The molecule has 164 valence electrons. The SMILES string of the molecule is CCCNC(=O)c1ccc(-c2cc3c(cc2C=O)-c2sccc2CCO3)c(C(=O)OC)n1. The first-order valence-electron chi connectivity index (χ1n) is 10.3. The molecule has 3 aromatic rings. The van der Waals surface area contributed by atoms with Gasteiger partial charge in [-0.1, -0.05) is 6.92 Å². The number of nitrogens with zero attached hydrogens (tertiary/aromatic N) is 1. The summed E-state index contributed by atoms with van der Waals surface area (Å²) in [7, 11) is 1.25. The van der Waals surface area contributed by atoms with Crippen molar-refractivity contribution in [3.05, 3.63) is 58.2 Å². The maximum Gasteiger partial charge on any atom is 0.357 e. The molecule has 0 atom stereocenters. The second kappa shape index (κ2) is 9.32. The summed E-state index contributed by atoms with van der Waals surface area (Å²) in [5.74, 6) is -0.444. The Morgan fingerprint density at radius 3 is 2.81 bits per heavy atom. The number of carbonyl (C=O) groups excluding carboxylic acids is 3. The van der Waals surface area contributed by atoms with Gasteiger partial charge in [-0.25, -0.2) is 9.78 Å².